The molecule has 94 valence electrons. The van der Waals surface area contributed by atoms with Gasteiger partial charge in [0, 0.05) is 30.6 Å². The van der Waals surface area contributed by atoms with Gasteiger partial charge in [-0.05, 0) is 18.2 Å². The van der Waals surface area contributed by atoms with E-state index in [2.05, 4.69) is 15.1 Å². The highest BCUT2D eigenvalue weighted by molar-refractivity contribution is 6.29. The number of carbonyl (C=O) groups excluding carboxylic acids is 1. The topological polar surface area (TPSA) is 60.7 Å². The molecule has 0 fully saturated rings. The van der Waals surface area contributed by atoms with Crippen LogP contribution in [0.4, 0.5) is 0 Å². The number of carbonyl (C=O) groups is 1. The van der Waals surface area contributed by atoms with Crippen LogP contribution >= 0.6 is 11.6 Å². The summed E-state index contributed by atoms with van der Waals surface area (Å²) in [6, 6.07) is 5.34. The lowest BCUT2D eigenvalue weighted by Gasteiger charge is -2.01. The molecule has 6 heteroatoms. The minimum atomic E-state index is 0.380. The van der Waals surface area contributed by atoms with Crippen LogP contribution < -0.4 is 0 Å². The lowest BCUT2D eigenvalue weighted by molar-refractivity contribution is 0.111. The van der Waals surface area contributed by atoms with Crippen molar-refractivity contribution in [3.8, 4) is 11.1 Å². The number of hydrogen-bond acceptors (Lipinski definition) is 4. The molecule has 0 N–H and O–H groups in total. The van der Waals surface area contributed by atoms with Crippen molar-refractivity contribution >= 4 is 28.9 Å². The second kappa shape index (κ2) is 4.44. The summed E-state index contributed by atoms with van der Waals surface area (Å²) >= 11 is 5.87. The molecule has 0 unspecified atom stereocenters. The molecule has 0 bridgehead atoms. The van der Waals surface area contributed by atoms with Crippen molar-refractivity contribution in [2.24, 2.45) is 7.05 Å². The van der Waals surface area contributed by atoms with E-state index in [0.717, 1.165) is 22.9 Å². The molecule has 0 amide bonds. The maximum atomic E-state index is 11.0. The van der Waals surface area contributed by atoms with Crippen LogP contribution in [0.25, 0.3) is 22.2 Å². The molecule has 3 aromatic rings. The van der Waals surface area contributed by atoms with Crippen molar-refractivity contribution in [3.05, 3.63) is 41.4 Å². The van der Waals surface area contributed by atoms with E-state index in [-0.39, 0.29) is 0 Å². The predicted molar refractivity (Wildman–Crippen MR) is 72.1 cm³/mol. The molecule has 3 heterocycles. The molecule has 3 aromatic heterocycles. The van der Waals surface area contributed by atoms with Gasteiger partial charge >= 0.3 is 0 Å². The molecule has 0 saturated carbocycles. The second-order valence-corrected chi connectivity index (χ2v) is 4.50. The fraction of sp³-hybridized carbons (Fsp3) is 0.0769. The van der Waals surface area contributed by atoms with Gasteiger partial charge in [0.15, 0.2) is 6.29 Å². The molecule has 5 nitrogen and oxygen atoms in total. The molecule has 0 aliphatic carbocycles. The quantitative estimate of drug-likeness (QED) is 0.531. The molecular formula is C13H9ClN4O. The Kier molecular flexibility index (Phi) is 2.76. The van der Waals surface area contributed by atoms with Crippen molar-refractivity contribution in [2.75, 3.05) is 0 Å². The molecule has 0 atom stereocenters. The first kappa shape index (κ1) is 11.8. The largest absolute Gasteiger partial charge is 0.296 e. The fourth-order valence-corrected chi connectivity index (χ4v) is 2.10. The number of aryl methyl sites for hydroxylation is 1. The molecule has 3 rings (SSSR count). The van der Waals surface area contributed by atoms with Crippen molar-refractivity contribution in [3.63, 3.8) is 0 Å². The third kappa shape index (κ3) is 2.08. The van der Waals surface area contributed by atoms with Gasteiger partial charge < -0.3 is 0 Å². The van der Waals surface area contributed by atoms with Crippen LogP contribution in [-0.4, -0.2) is 26.0 Å². The minimum Gasteiger partial charge on any atom is -0.296 e. The molecule has 19 heavy (non-hydrogen) atoms. The Hall–Kier alpha value is -2.27. The normalized spacial score (nSPS) is 10.8. The van der Waals surface area contributed by atoms with Gasteiger partial charge in [-0.25, -0.2) is 4.98 Å². The number of hydrogen-bond donors (Lipinski definition) is 0. The summed E-state index contributed by atoms with van der Waals surface area (Å²) < 4.78 is 1.59. The number of pyridine rings is 2. The summed E-state index contributed by atoms with van der Waals surface area (Å²) in [5.74, 6) is 0. The Morgan fingerprint density at radius 1 is 1.32 bits per heavy atom. The van der Waals surface area contributed by atoms with Crippen LogP contribution in [0.1, 0.15) is 10.5 Å². The number of aldehydes is 1. The van der Waals surface area contributed by atoms with Crippen molar-refractivity contribution in [1.82, 2.24) is 19.7 Å². The van der Waals surface area contributed by atoms with Crippen molar-refractivity contribution < 1.29 is 4.79 Å². The molecule has 0 spiro atoms. The summed E-state index contributed by atoms with van der Waals surface area (Å²) in [6.07, 6.45) is 4.20. The monoisotopic (exact) mass is 272 g/mol. The number of fused-ring (bicyclic) bond motifs is 1. The highest BCUT2D eigenvalue weighted by atomic mass is 35.5. The van der Waals surface area contributed by atoms with Gasteiger partial charge in [-0.1, -0.05) is 11.6 Å². The molecular weight excluding hydrogens is 264 g/mol. The van der Waals surface area contributed by atoms with E-state index in [4.69, 9.17) is 11.6 Å². The smallest absolute Gasteiger partial charge is 0.170 e. The lowest BCUT2D eigenvalue weighted by Crippen LogP contribution is -1.89. The predicted octanol–water partition coefficient (Wildman–Crippen LogP) is 2.50. The number of aromatic nitrogens is 4. The van der Waals surface area contributed by atoms with E-state index in [1.54, 1.807) is 36.3 Å². The van der Waals surface area contributed by atoms with Gasteiger partial charge in [0.05, 0.1) is 11.0 Å². The zero-order valence-electron chi connectivity index (χ0n) is 10.0. The van der Waals surface area contributed by atoms with Crippen LogP contribution in [0.15, 0.2) is 30.6 Å². The Morgan fingerprint density at radius 3 is 2.95 bits per heavy atom. The summed E-state index contributed by atoms with van der Waals surface area (Å²) in [4.78, 5) is 19.5. The third-order valence-electron chi connectivity index (χ3n) is 2.78. The maximum Gasteiger partial charge on any atom is 0.170 e. The van der Waals surface area contributed by atoms with Gasteiger partial charge in [0.1, 0.15) is 10.8 Å². The highest BCUT2D eigenvalue weighted by Crippen LogP contribution is 2.24. The van der Waals surface area contributed by atoms with Gasteiger partial charge in [-0.2, -0.15) is 5.10 Å². The first-order valence-corrected chi connectivity index (χ1v) is 5.96. The maximum absolute atomic E-state index is 11.0. The third-order valence-corrected chi connectivity index (χ3v) is 2.99. The lowest BCUT2D eigenvalue weighted by atomic mass is 10.1. The van der Waals surface area contributed by atoms with Gasteiger partial charge in [0.25, 0.3) is 0 Å². The molecule has 0 aliphatic rings. The van der Waals surface area contributed by atoms with E-state index in [1.165, 1.54) is 0 Å². The summed E-state index contributed by atoms with van der Waals surface area (Å²) in [5.41, 5.74) is 3.34. The van der Waals surface area contributed by atoms with E-state index in [9.17, 15) is 4.79 Å². The molecule has 0 aromatic carbocycles. The van der Waals surface area contributed by atoms with Crippen LogP contribution in [0.3, 0.4) is 0 Å². The standard InChI is InChI=1S/C13H9ClN4O/c1-18-6-9(12(7-19)17-18)8-4-11-10(15-5-8)2-3-13(14)16-11/h2-7H,1H3. The number of halogens is 1. The summed E-state index contributed by atoms with van der Waals surface area (Å²) in [7, 11) is 1.76. The summed E-state index contributed by atoms with van der Waals surface area (Å²) in [5, 5.41) is 4.49. The van der Waals surface area contributed by atoms with Gasteiger partial charge in [0.2, 0.25) is 0 Å². The van der Waals surface area contributed by atoms with Crippen LogP contribution in [0.2, 0.25) is 5.15 Å². The zero-order chi connectivity index (χ0) is 13.4. The average Bonchev–Trinajstić information content (AvgIpc) is 2.79. The highest BCUT2D eigenvalue weighted by Gasteiger charge is 2.10. The number of nitrogens with zero attached hydrogens (tertiary/aromatic N) is 4. The minimum absolute atomic E-state index is 0.380. The van der Waals surface area contributed by atoms with Gasteiger partial charge in [-0.3, -0.25) is 14.5 Å². The molecule has 0 aliphatic heterocycles. The van der Waals surface area contributed by atoms with Crippen LogP contribution in [-0.2, 0) is 7.05 Å². The van der Waals surface area contributed by atoms with Crippen LogP contribution in [0.5, 0.6) is 0 Å². The van der Waals surface area contributed by atoms with Gasteiger partial charge in [-0.15, -0.1) is 0 Å². The second-order valence-electron chi connectivity index (χ2n) is 4.12. The SMILES string of the molecule is Cn1cc(-c2cnc3ccc(Cl)nc3c2)c(C=O)n1. The van der Waals surface area contributed by atoms with Crippen molar-refractivity contribution in [1.29, 1.82) is 0 Å². The first-order valence-electron chi connectivity index (χ1n) is 5.59. The van der Waals surface area contributed by atoms with E-state index >= 15 is 0 Å². The molecule has 0 saturated heterocycles. The van der Waals surface area contributed by atoms with Crippen molar-refractivity contribution in [2.45, 2.75) is 0 Å². The molecule has 0 radical (unpaired) electrons. The van der Waals surface area contributed by atoms with Crippen LogP contribution in [0, 0.1) is 0 Å². The Morgan fingerprint density at radius 2 is 2.16 bits per heavy atom. The fourth-order valence-electron chi connectivity index (χ4n) is 1.94. The zero-order valence-corrected chi connectivity index (χ0v) is 10.8. The Bertz CT molecular complexity index is 781. The number of rotatable bonds is 2. The Labute approximate surface area is 113 Å². The van der Waals surface area contributed by atoms with E-state index < -0.39 is 0 Å². The Balaban J connectivity index is 2.22. The van der Waals surface area contributed by atoms with E-state index in [1.807, 2.05) is 6.07 Å². The summed E-state index contributed by atoms with van der Waals surface area (Å²) in [6.45, 7) is 0. The first-order chi connectivity index (χ1) is 9.17. The van der Waals surface area contributed by atoms with E-state index in [0.29, 0.717) is 16.4 Å². The average molecular weight is 273 g/mol.